The molecule has 0 aliphatic rings. The Kier molecular flexibility index (Phi) is 4.00. The second kappa shape index (κ2) is 5.78. The highest BCUT2D eigenvalue weighted by Gasteiger charge is 2.16. The molecule has 0 aliphatic carbocycles. The Labute approximate surface area is 135 Å². The van der Waals surface area contributed by atoms with E-state index in [9.17, 15) is 4.39 Å². The zero-order valence-corrected chi connectivity index (χ0v) is 13.7. The van der Waals surface area contributed by atoms with E-state index >= 15 is 0 Å². The van der Waals surface area contributed by atoms with Crippen LogP contribution in [0.4, 0.5) is 4.39 Å². The SMILES string of the molecule is Cc1c(Br)cccc1-n1c(CCCl)nc2c(F)cccc21. The lowest BCUT2D eigenvalue weighted by Crippen LogP contribution is -2.04. The van der Waals surface area contributed by atoms with Gasteiger partial charge in [-0.1, -0.05) is 28.1 Å². The van der Waals surface area contributed by atoms with Gasteiger partial charge in [0.15, 0.2) is 5.82 Å². The molecule has 1 heterocycles. The predicted octanol–water partition coefficient (Wildman–Crippen LogP) is 5.02. The van der Waals surface area contributed by atoms with E-state index in [4.69, 9.17) is 11.6 Å². The van der Waals surface area contributed by atoms with E-state index in [-0.39, 0.29) is 5.82 Å². The van der Waals surface area contributed by atoms with E-state index in [1.165, 1.54) is 6.07 Å². The summed E-state index contributed by atoms with van der Waals surface area (Å²) in [7, 11) is 0. The van der Waals surface area contributed by atoms with E-state index in [0.717, 1.165) is 27.1 Å². The third kappa shape index (κ3) is 2.47. The van der Waals surface area contributed by atoms with Crippen molar-refractivity contribution in [1.82, 2.24) is 9.55 Å². The summed E-state index contributed by atoms with van der Waals surface area (Å²) in [6, 6.07) is 11.0. The predicted molar refractivity (Wildman–Crippen MR) is 87.9 cm³/mol. The van der Waals surface area contributed by atoms with Crippen molar-refractivity contribution in [3.8, 4) is 5.69 Å². The first-order valence-corrected chi connectivity index (χ1v) is 7.93. The average molecular weight is 368 g/mol. The zero-order chi connectivity index (χ0) is 15.0. The van der Waals surface area contributed by atoms with E-state index in [2.05, 4.69) is 20.9 Å². The maximum absolute atomic E-state index is 14.0. The third-order valence-corrected chi connectivity index (χ3v) is 4.55. The summed E-state index contributed by atoms with van der Waals surface area (Å²) in [6.07, 6.45) is 0.585. The van der Waals surface area contributed by atoms with Crippen LogP contribution in [0.1, 0.15) is 11.4 Å². The highest BCUT2D eigenvalue weighted by Crippen LogP contribution is 2.29. The van der Waals surface area contributed by atoms with Crippen molar-refractivity contribution in [2.24, 2.45) is 0 Å². The van der Waals surface area contributed by atoms with Crippen molar-refractivity contribution >= 4 is 38.6 Å². The fraction of sp³-hybridized carbons (Fsp3) is 0.188. The van der Waals surface area contributed by atoms with Crippen LogP contribution >= 0.6 is 27.5 Å². The molecular weight excluding hydrogens is 355 g/mol. The van der Waals surface area contributed by atoms with Crippen LogP contribution in [0.2, 0.25) is 0 Å². The minimum atomic E-state index is -0.310. The van der Waals surface area contributed by atoms with E-state index in [1.807, 2.05) is 35.8 Å². The van der Waals surface area contributed by atoms with Crippen LogP contribution in [0.5, 0.6) is 0 Å². The molecule has 0 unspecified atom stereocenters. The lowest BCUT2D eigenvalue weighted by molar-refractivity contribution is 0.637. The van der Waals surface area contributed by atoms with Crippen LogP contribution < -0.4 is 0 Å². The second-order valence-electron chi connectivity index (χ2n) is 4.79. The Balaban J connectivity index is 2.37. The number of imidazole rings is 1. The molecule has 3 rings (SSSR count). The van der Waals surface area contributed by atoms with Gasteiger partial charge in [0, 0.05) is 16.8 Å². The molecule has 0 bridgehead atoms. The monoisotopic (exact) mass is 366 g/mol. The molecule has 0 fully saturated rings. The molecule has 0 spiro atoms. The summed E-state index contributed by atoms with van der Waals surface area (Å²) >= 11 is 9.42. The number of alkyl halides is 1. The summed E-state index contributed by atoms with van der Waals surface area (Å²) in [5, 5.41) is 0. The van der Waals surface area contributed by atoms with Crippen LogP contribution in [-0.4, -0.2) is 15.4 Å². The first kappa shape index (κ1) is 14.5. The van der Waals surface area contributed by atoms with Gasteiger partial charge < -0.3 is 0 Å². The van der Waals surface area contributed by atoms with Crippen LogP contribution in [0.15, 0.2) is 40.9 Å². The van der Waals surface area contributed by atoms with Gasteiger partial charge in [-0.2, -0.15) is 0 Å². The van der Waals surface area contributed by atoms with Crippen molar-refractivity contribution in [2.75, 3.05) is 5.88 Å². The molecular formula is C16H13BrClFN2. The Morgan fingerprint density at radius 1 is 1.24 bits per heavy atom. The molecule has 5 heteroatoms. The fourth-order valence-electron chi connectivity index (χ4n) is 2.47. The standard InChI is InChI=1S/C16H13BrClFN2/c1-10-11(17)4-2-6-13(10)21-14-7-3-5-12(19)16(14)20-15(21)8-9-18/h2-7H,8-9H2,1H3. The number of aryl methyl sites for hydroxylation is 1. The summed E-state index contributed by atoms with van der Waals surface area (Å²) < 4.78 is 17.0. The Bertz CT molecular complexity index is 813. The molecule has 0 saturated carbocycles. The minimum Gasteiger partial charge on any atom is -0.296 e. The molecule has 21 heavy (non-hydrogen) atoms. The van der Waals surface area contributed by atoms with Crippen LogP contribution in [-0.2, 0) is 6.42 Å². The largest absolute Gasteiger partial charge is 0.296 e. The molecule has 0 amide bonds. The molecule has 0 radical (unpaired) electrons. The highest BCUT2D eigenvalue weighted by atomic mass is 79.9. The van der Waals surface area contributed by atoms with Gasteiger partial charge in [-0.3, -0.25) is 4.57 Å². The van der Waals surface area contributed by atoms with Crippen molar-refractivity contribution < 1.29 is 4.39 Å². The first-order chi connectivity index (χ1) is 10.1. The molecule has 3 aromatic rings. The van der Waals surface area contributed by atoms with Gasteiger partial charge in [0.25, 0.3) is 0 Å². The number of hydrogen-bond donors (Lipinski definition) is 0. The average Bonchev–Trinajstić information content (AvgIpc) is 2.82. The number of benzene rings is 2. The van der Waals surface area contributed by atoms with Gasteiger partial charge >= 0.3 is 0 Å². The Hall–Kier alpha value is -1.39. The quantitative estimate of drug-likeness (QED) is 0.595. The van der Waals surface area contributed by atoms with Crippen LogP contribution in [0, 0.1) is 12.7 Å². The van der Waals surface area contributed by atoms with Gasteiger partial charge in [-0.15, -0.1) is 11.6 Å². The topological polar surface area (TPSA) is 17.8 Å². The smallest absolute Gasteiger partial charge is 0.151 e. The third-order valence-electron chi connectivity index (χ3n) is 3.50. The lowest BCUT2D eigenvalue weighted by atomic mass is 10.2. The number of hydrogen-bond acceptors (Lipinski definition) is 1. The normalized spacial score (nSPS) is 11.2. The van der Waals surface area contributed by atoms with Crippen molar-refractivity contribution in [3.05, 3.63) is 58.1 Å². The zero-order valence-electron chi connectivity index (χ0n) is 11.4. The molecule has 2 aromatic carbocycles. The van der Waals surface area contributed by atoms with Gasteiger partial charge in [0.2, 0.25) is 0 Å². The molecule has 0 N–H and O–H groups in total. The summed E-state index contributed by atoms with van der Waals surface area (Å²) in [4.78, 5) is 4.44. The first-order valence-electron chi connectivity index (χ1n) is 6.60. The number of halogens is 3. The van der Waals surface area contributed by atoms with E-state index < -0.39 is 0 Å². The van der Waals surface area contributed by atoms with Gasteiger partial charge in [0.05, 0.1) is 11.2 Å². The van der Waals surface area contributed by atoms with Crippen molar-refractivity contribution in [3.63, 3.8) is 0 Å². The van der Waals surface area contributed by atoms with Crippen LogP contribution in [0.25, 0.3) is 16.7 Å². The molecule has 108 valence electrons. The maximum Gasteiger partial charge on any atom is 0.151 e. The van der Waals surface area contributed by atoms with E-state index in [0.29, 0.717) is 17.8 Å². The Morgan fingerprint density at radius 3 is 2.76 bits per heavy atom. The van der Waals surface area contributed by atoms with Gasteiger partial charge in [0.1, 0.15) is 11.3 Å². The van der Waals surface area contributed by atoms with Crippen molar-refractivity contribution in [1.29, 1.82) is 0 Å². The van der Waals surface area contributed by atoms with Gasteiger partial charge in [-0.05, 0) is 36.8 Å². The number of nitrogens with zero attached hydrogens (tertiary/aromatic N) is 2. The second-order valence-corrected chi connectivity index (χ2v) is 6.03. The molecule has 2 nitrogen and oxygen atoms in total. The minimum absolute atomic E-state index is 0.310. The van der Waals surface area contributed by atoms with Crippen molar-refractivity contribution in [2.45, 2.75) is 13.3 Å². The van der Waals surface area contributed by atoms with E-state index in [1.54, 1.807) is 6.07 Å². The number of fused-ring (bicyclic) bond motifs is 1. The Morgan fingerprint density at radius 2 is 2.00 bits per heavy atom. The molecule has 0 aliphatic heterocycles. The summed E-state index contributed by atoms with van der Waals surface area (Å²) in [5.74, 6) is 0.902. The molecule has 1 aromatic heterocycles. The number of rotatable bonds is 3. The lowest BCUT2D eigenvalue weighted by Gasteiger charge is -2.12. The van der Waals surface area contributed by atoms with Gasteiger partial charge in [-0.25, -0.2) is 9.37 Å². The number of aromatic nitrogens is 2. The molecule has 0 saturated heterocycles. The van der Waals surface area contributed by atoms with Crippen LogP contribution in [0.3, 0.4) is 0 Å². The summed E-state index contributed by atoms with van der Waals surface area (Å²) in [6.45, 7) is 2.02. The molecule has 0 atom stereocenters. The highest BCUT2D eigenvalue weighted by molar-refractivity contribution is 9.10. The summed E-state index contributed by atoms with van der Waals surface area (Å²) in [5.41, 5.74) is 3.21. The maximum atomic E-state index is 14.0. The fourth-order valence-corrected chi connectivity index (χ4v) is 3.00. The number of para-hydroxylation sites is 1.